The van der Waals surface area contributed by atoms with Crippen LogP contribution >= 0.6 is 11.8 Å². The van der Waals surface area contributed by atoms with Crippen LogP contribution in [0.4, 0.5) is 0 Å². The van der Waals surface area contributed by atoms with Crippen LogP contribution in [-0.4, -0.2) is 58.9 Å². The fourth-order valence-electron chi connectivity index (χ4n) is 3.60. The summed E-state index contributed by atoms with van der Waals surface area (Å²) in [7, 11) is 4.02. The normalized spacial score (nSPS) is 27.4. The third-order valence-electron chi connectivity index (χ3n) is 5.02. The number of likely N-dealkylation sites (N-methyl/N-ethyl adjacent to an activating group) is 1. The summed E-state index contributed by atoms with van der Waals surface area (Å²) in [4.78, 5) is 28.6. The first-order chi connectivity index (χ1) is 11.4. The molecule has 2 fully saturated rings. The van der Waals surface area contributed by atoms with Crippen LogP contribution < -0.4 is 5.32 Å². The number of benzene rings is 1. The summed E-state index contributed by atoms with van der Waals surface area (Å²) in [6, 6.07) is 9.93. The molecule has 3 atom stereocenters. The Labute approximate surface area is 147 Å². The minimum Gasteiger partial charge on any atom is -0.352 e. The lowest BCUT2D eigenvalue weighted by Crippen LogP contribution is -2.51. The molecular weight excluding hydrogens is 322 g/mol. The molecule has 2 aliphatic rings. The van der Waals surface area contributed by atoms with Gasteiger partial charge in [-0.2, -0.15) is 0 Å². The van der Waals surface area contributed by atoms with Crippen molar-refractivity contribution in [2.24, 2.45) is 0 Å². The van der Waals surface area contributed by atoms with Gasteiger partial charge in [-0.15, -0.1) is 11.8 Å². The van der Waals surface area contributed by atoms with Crippen molar-refractivity contribution >= 4 is 23.6 Å². The van der Waals surface area contributed by atoms with E-state index >= 15 is 0 Å². The second kappa shape index (κ2) is 6.76. The molecule has 0 aliphatic carbocycles. The molecule has 3 unspecified atom stereocenters. The van der Waals surface area contributed by atoms with Crippen LogP contribution in [0, 0.1) is 0 Å². The highest BCUT2D eigenvalue weighted by Crippen LogP contribution is 2.47. The molecule has 2 aliphatic heterocycles. The first-order valence-electron chi connectivity index (χ1n) is 8.37. The molecule has 2 amide bonds. The number of carbonyl (C=O) groups excluding carboxylic acids is 2. The fourth-order valence-corrected chi connectivity index (χ4v) is 5.04. The summed E-state index contributed by atoms with van der Waals surface area (Å²) >= 11 is 1.73. The fraction of sp³-hybridized carbons (Fsp3) is 0.556. The number of carbonyl (C=O) groups is 2. The van der Waals surface area contributed by atoms with Gasteiger partial charge in [0.25, 0.3) is 0 Å². The first-order valence-corrected chi connectivity index (χ1v) is 9.36. The molecule has 1 aromatic rings. The molecule has 5 nitrogen and oxygen atoms in total. The molecule has 1 N–H and O–H groups in total. The first kappa shape index (κ1) is 17.3. The highest BCUT2D eigenvalue weighted by Gasteiger charge is 2.52. The van der Waals surface area contributed by atoms with E-state index in [1.165, 1.54) is 5.56 Å². The molecule has 0 aromatic heterocycles. The van der Waals surface area contributed by atoms with Gasteiger partial charge in [-0.3, -0.25) is 9.59 Å². The van der Waals surface area contributed by atoms with Gasteiger partial charge >= 0.3 is 0 Å². The Kier molecular flexibility index (Phi) is 4.88. The minimum atomic E-state index is -0.339. The highest BCUT2D eigenvalue weighted by atomic mass is 32.2. The third kappa shape index (κ3) is 3.17. The summed E-state index contributed by atoms with van der Waals surface area (Å²) in [5.41, 5.74) is 1.17. The van der Waals surface area contributed by atoms with Crippen LogP contribution in [0.1, 0.15) is 31.4 Å². The zero-order valence-corrected chi connectivity index (χ0v) is 15.3. The SMILES string of the molecule is CN(C)C(CNC(=O)C1CSC2(C)CCC(=O)N12)c1ccccc1. The van der Waals surface area contributed by atoms with Crippen molar-refractivity contribution in [1.82, 2.24) is 15.1 Å². The van der Waals surface area contributed by atoms with E-state index in [-0.39, 0.29) is 28.8 Å². The molecule has 2 heterocycles. The Morgan fingerprint density at radius 3 is 2.79 bits per heavy atom. The highest BCUT2D eigenvalue weighted by molar-refractivity contribution is 8.01. The van der Waals surface area contributed by atoms with E-state index in [1.807, 2.05) is 32.3 Å². The van der Waals surface area contributed by atoms with Crippen LogP contribution in [0.3, 0.4) is 0 Å². The molecule has 0 spiro atoms. The second-order valence-corrected chi connectivity index (χ2v) is 8.40. The summed E-state index contributed by atoms with van der Waals surface area (Å²) in [6.45, 7) is 2.61. The number of amides is 2. The molecular formula is C18H25N3O2S. The maximum atomic E-state index is 12.7. The molecule has 24 heavy (non-hydrogen) atoms. The third-order valence-corrected chi connectivity index (χ3v) is 6.53. The Balaban J connectivity index is 1.66. The molecule has 6 heteroatoms. The summed E-state index contributed by atoms with van der Waals surface area (Å²) < 4.78 is 0. The molecule has 1 aromatic carbocycles. The van der Waals surface area contributed by atoms with E-state index in [1.54, 1.807) is 16.7 Å². The van der Waals surface area contributed by atoms with Crippen LogP contribution in [0.5, 0.6) is 0 Å². The lowest BCUT2D eigenvalue weighted by Gasteiger charge is -2.31. The van der Waals surface area contributed by atoms with E-state index in [9.17, 15) is 9.59 Å². The zero-order chi connectivity index (χ0) is 17.3. The number of nitrogens with one attached hydrogen (secondary N) is 1. The smallest absolute Gasteiger partial charge is 0.243 e. The Morgan fingerprint density at radius 1 is 1.42 bits per heavy atom. The number of fused-ring (bicyclic) bond motifs is 1. The average molecular weight is 347 g/mol. The van der Waals surface area contributed by atoms with E-state index in [0.717, 1.165) is 6.42 Å². The summed E-state index contributed by atoms with van der Waals surface area (Å²) in [5, 5.41) is 3.07. The van der Waals surface area contributed by atoms with Gasteiger partial charge in [0.2, 0.25) is 11.8 Å². The van der Waals surface area contributed by atoms with E-state index in [0.29, 0.717) is 18.7 Å². The maximum Gasteiger partial charge on any atom is 0.243 e. The number of rotatable bonds is 5. The van der Waals surface area contributed by atoms with Crippen LogP contribution in [0.15, 0.2) is 30.3 Å². The van der Waals surface area contributed by atoms with Crippen molar-refractivity contribution in [1.29, 1.82) is 0 Å². The largest absolute Gasteiger partial charge is 0.352 e. The van der Waals surface area contributed by atoms with Crippen LogP contribution in [0.25, 0.3) is 0 Å². The predicted molar refractivity (Wildman–Crippen MR) is 96.6 cm³/mol. The lowest BCUT2D eigenvalue weighted by atomic mass is 10.1. The van der Waals surface area contributed by atoms with Crippen molar-refractivity contribution in [3.05, 3.63) is 35.9 Å². The minimum absolute atomic E-state index is 0.0377. The molecule has 2 saturated heterocycles. The topological polar surface area (TPSA) is 52.7 Å². The van der Waals surface area contributed by atoms with Crippen molar-refractivity contribution in [2.75, 3.05) is 26.4 Å². The van der Waals surface area contributed by atoms with Gasteiger partial charge in [-0.1, -0.05) is 30.3 Å². The van der Waals surface area contributed by atoms with Gasteiger partial charge in [-0.05, 0) is 33.0 Å². The monoisotopic (exact) mass is 347 g/mol. The van der Waals surface area contributed by atoms with E-state index < -0.39 is 0 Å². The number of hydrogen-bond donors (Lipinski definition) is 1. The van der Waals surface area contributed by atoms with Gasteiger partial charge in [0, 0.05) is 18.7 Å². The average Bonchev–Trinajstić information content (AvgIpc) is 3.05. The predicted octanol–water partition coefficient (Wildman–Crippen LogP) is 1.86. The Hall–Kier alpha value is -1.53. The molecule has 0 bridgehead atoms. The van der Waals surface area contributed by atoms with Gasteiger partial charge in [0.15, 0.2) is 0 Å². The van der Waals surface area contributed by atoms with Crippen molar-refractivity contribution in [2.45, 2.75) is 36.7 Å². The lowest BCUT2D eigenvalue weighted by molar-refractivity contribution is -0.138. The van der Waals surface area contributed by atoms with Gasteiger partial charge < -0.3 is 15.1 Å². The van der Waals surface area contributed by atoms with E-state index in [2.05, 4.69) is 29.3 Å². The summed E-state index contributed by atoms with van der Waals surface area (Å²) in [5.74, 6) is 0.755. The zero-order valence-electron chi connectivity index (χ0n) is 14.5. The molecule has 130 valence electrons. The standard InChI is InChI=1S/C18H25N3O2S/c1-18-10-9-16(22)21(18)15(12-24-18)17(23)19-11-14(20(2)3)13-7-5-4-6-8-13/h4-8,14-15H,9-12H2,1-3H3,(H,19,23). The van der Waals surface area contributed by atoms with Crippen LogP contribution in [0.2, 0.25) is 0 Å². The van der Waals surface area contributed by atoms with Gasteiger partial charge in [0.05, 0.1) is 10.9 Å². The Bertz CT molecular complexity index is 622. The summed E-state index contributed by atoms with van der Waals surface area (Å²) in [6.07, 6.45) is 1.39. The number of hydrogen-bond acceptors (Lipinski definition) is 4. The number of nitrogens with zero attached hydrogens (tertiary/aromatic N) is 2. The molecule has 3 rings (SSSR count). The molecule has 0 radical (unpaired) electrons. The van der Waals surface area contributed by atoms with Gasteiger partial charge in [0.1, 0.15) is 6.04 Å². The maximum absolute atomic E-state index is 12.7. The quantitative estimate of drug-likeness (QED) is 0.883. The Morgan fingerprint density at radius 2 is 2.12 bits per heavy atom. The molecule has 0 saturated carbocycles. The van der Waals surface area contributed by atoms with Crippen molar-refractivity contribution in [3.8, 4) is 0 Å². The van der Waals surface area contributed by atoms with Gasteiger partial charge in [-0.25, -0.2) is 0 Å². The second-order valence-electron chi connectivity index (χ2n) is 6.90. The van der Waals surface area contributed by atoms with E-state index in [4.69, 9.17) is 0 Å². The number of thioether (sulfide) groups is 1. The van der Waals surface area contributed by atoms with Crippen LogP contribution in [-0.2, 0) is 9.59 Å². The van der Waals surface area contributed by atoms with Crippen molar-refractivity contribution in [3.63, 3.8) is 0 Å². The van der Waals surface area contributed by atoms with Crippen molar-refractivity contribution < 1.29 is 9.59 Å².